The van der Waals surface area contributed by atoms with E-state index in [-0.39, 0.29) is 0 Å². The van der Waals surface area contributed by atoms with Crippen molar-refractivity contribution in [1.82, 2.24) is 0 Å². The molecule has 0 aliphatic carbocycles. The first-order valence-electron chi connectivity index (χ1n) is 47.5. The van der Waals surface area contributed by atoms with E-state index in [0.717, 1.165) is 0 Å². The quantitative estimate of drug-likeness (QED) is 0.143. The van der Waals surface area contributed by atoms with Crippen LogP contribution in [0.1, 0.15) is 237 Å². The molecule has 30 nitrogen and oxygen atoms in total. The van der Waals surface area contributed by atoms with E-state index in [4.69, 9.17) is 58.7 Å². The van der Waals surface area contributed by atoms with Crippen molar-refractivity contribution in [2.24, 2.45) is 0 Å². The summed E-state index contributed by atoms with van der Waals surface area (Å²) in [6.07, 6.45) is 34.8. The molecule has 12 aliphatic heterocycles. The Bertz CT molecular complexity index is 2260. The van der Waals surface area contributed by atoms with Crippen LogP contribution in [0.4, 0.5) is 16.9 Å². The van der Waals surface area contributed by atoms with Crippen LogP contribution < -0.4 is 40.6 Å². The van der Waals surface area contributed by atoms with Crippen LogP contribution in [0, 0.1) is 0 Å². The average Bonchev–Trinajstić information content (AvgIpc) is 1.85. The number of halogens is 6. The number of hydrogen-bond acceptors (Lipinski definition) is 18. The second kappa shape index (κ2) is 70.0. The van der Waals surface area contributed by atoms with E-state index < -0.39 is 121 Å². The zero-order valence-corrected chi connectivity index (χ0v) is 99.4. The Balaban J connectivity index is -0.000000304. The summed E-state index contributed by atoms with van der Waals surface area (Å²) in [5.74, 6) is 0. The molecule has 12 aliphatic rings. The Morgan fingerprint density at radius 3 is 0.190 bits per heavy atom. The summed E-state index contributed by atoms with van der Waals surface area (Å²) in [6.45, 7) is 77.1. The van der Waals surface area contributed by atoms with E-state index in [1.54, 1.807) is 0 Å². The van der Waals surface area contributed by atoms with Gasteiger partial charge in [0.25, 0.3) is 0 Å². The monoisotopic (exact) mass is 2500 g/mol. The van der Waals surface area contributed by atoms with Gasteiger partial charge in [0.1, 0.15) is 0 Å². The fourth-order valence-corrected chi connectivity index (χ4v) is 17.0. The van der Waals surface area contributed by atoms with Gasteiger partial charge in [0.15, 0.2) is 0 Å². The van der Waals surface area contributed by atoms with Crippen molar-refractivity contribution in [2.75, 3.05) is 320 Å². The molecule has 0 atom stereocenters. The van der Waals surface area contributed by atoms with Crippen molar-refractivity contribution in [3.05, 3.63) is 0 Å². The van der Waals surface area contributed by atoms with Gasteiger partial charge in [0.2, 0.25) is 0 Å². The molecule has 0 amide bonds. The van der Waals surface area contributed by atoms with Crippen LogP contribution in [0.2, 0.25) is 0 Å². The molecule has 126 heavy (non-hydrogen) atoms. The summed E-state index contributed by atoms with van der Waals surface area (Å²) in [4.78, 5) is 0. The molecular weight excluding hydrogens is 2310 g/mol. The third-order valence-corrected chi connectivity index (χ3v) is 28.9. The first-order chi connectivity index (χ1) is 57.2. The maximum atomic E-state index is 10.2. The molecule has 12 heterocycles. The molecule has 0 bridgehead atoms. The first-order valence-corrected chi connectivity index (χ1v) is 72.1. The average molecular weight is 2500 g/mol. The van der Waals surface area contributed by atoms with Crippen LogP contribution in [-0.2, 0) is 18.1 Å². The molecule has 12 fully saturated rings. The zero-order valence-electron chi connectivity index (χ0n) is 84.1. The van der Waals surface area contributed by atoms with Crippen molar-refractivity contribution in [3.63, 3.8) is 0 Å². The van der Waals surface area contributed by atoms with E-state index in [1.807, 2.05) is 0 Å². The van der Waals surface area contributed by atoms with Gasteiger partial charge in [0.05, 0.1) is 320 Å². The second-order valence-electron chi connectivity index (χ2n) is 39.7. The molecule has 0 unspecified atom stereocenters. The predicted molar refractivity (Wildman–Crippen MR) is 474 cm³/mol. The number of likely N-dealkylation sites (tertiary alicyclic amines) is 12. The molecule has 0 spiro atoms. The summed E-state index contributed by atoms with van der Waals surface area (Å²) >= 11 is -38.1. The molecule has 12 saturated heterocycles. The third-order valence-electron chi connectivity index (χ3n) is 28.9. The molecule has 0 saturated carbocycles. The number of hydrogen-bond donors (Lipinski definition) is 0. The molecule has 0 aromatic rings. The van der Waals surface area contributed by atoms with Crippen LogP contribution in [0.3, 0.4) is 0 Å². The fraction of sp³-hybridized carbons (Fsp3) is 1.00. The van der Waals surface area contributed by atoms with E-state index >= 15 is 0 Å². The van der Waals surface area contributed by atoms with E-state index in [2.05, 4.69) is 168 Å². The molecule has 0 aromatic heterocycles. The van der Waals surface area contributed by atoms with Crippen LogP contribution in [-0.4, -0.2) is 495 Å². The summed E-state index contributed by atoms with van der Waals surface area (Å²) in [5, 5.41) is 0. The fourth-order valence-electron chi connectivity index (χ4n) is 17.0. The summed E-state index contributed by atoms with van der Waals surface area (Å²) in [7, 11) is 28.3. The number of nitrogens with zero attached hydrogens (tertiary/aromatic N) is 12. The van der Waals surface area contributed by atoms with Gasteiger partial charge in [-0.2, -0.15) is 0 Å². The van der Waals surface area contributed by atoms with Crippen LogP contribution in [0.25, 0.3) is 0 Å². The van der Waals surface area contributed by atoms with Gasteiger partial charge < -0.3 is 53.8 Å². The predicted octanol–water partition coefficient (Wildman–Crippen LogP) is 0.216. The SMILES string of the molecule is CC[N+]1(C)CCCC1.CC[N+]1(C)CCCC1.CC[N+]1(C)CCCC1.CC[N+]1(C)CCCC1.CC[N+]1(C)CCCC1.CC[N+]1(C)CCCC1.CC[N+]1(C)CCCC1.CC[N+]1(C)CCCC1.CC[N+]1(C)CCCC1.CC[N+]1(C)CCCC1.CC[N+]1(C)CCCC1.CC[N+]1(C)CCCC1.[O]=[Sb]([O-])([O-])[F].[O]=[Sb]([O-])([O-])[F].[O]=[Sb]([O-])([O-])[F].[O]=[Sb]([O-])([O-])[F].[O]=[Sb]([O-])([O-])[F].[O]=[Sb]([O-])([O-])[F]. The Hall–Kier alpha value is 2.33. The summed E-state index contributed by atoms with van der Waals surface area (Å²) in [6, 6.07) is 0. The van der Waals surface area contributed by atoms with Gasteiger partial charge in [0, 0.05) is 154 Å². The van der Waals surface area contributed by atoms with Crippen molar-refractivity contribution in [1.29, 1.82) is 0 Å². The molecule has 12 rings (SSSR count). The molecule has 768 valence electrons. The topological polar surface area (TPSA) is 379 Å². The van der Waals surface area contributed by atoms with Crippen LogP contribution in [0.15, 0.2) is 0 Å². The van der Waals surface area contributed by atoms with Crippen molar-refractivity contribution in [3.8, 4) is 0 Å². The van der Waals surface area contributed by atoms with E-state index in [1.165, 1.54) is 444 Å². The second-order valence-corrected chi connectivity index (χ2v) is 54.4. The van der Waals surface area contributed by atoms with Crippen LogP contribution >= 0.6 is 0 Å². The van der Waals surface area contributed by atoms with Gasteiger partial charge >= 0.3 is 197 Å². The van der Waals surface area contributed by atoms with Crippen molar-refractivity contribution in [2.45, 2.75) is 237 Å². The van der Waals surface area contributed by atoms with E-state index in [0.29, 0.717) is 0 Å². The third kappa shape index (κ3) is 92.7. The van der Waals surface area contributed by atoms with Gasteiger partial charge in [-0.15, -0.1) is 0 Å². The molecule has 0 N–H and O–H groups in total. The normalized spacial score (nSPS) is 22.8. The van der Waals surface area contributed by atoms with Gasteiger partial charge in [-0.1, -0.05) is 0 Å². The van der Waals surface area contributed by atoms with Crippen molar-refractivity contribution >= 4 is 121 Å². The zero-order chi connectivity index (χ0) is 99.4. The van der Waals surface area contributed by atoms with Gasteiger partial charge in [-0.25, -0.2) is 0 Å². The minimum atomic E-state index is -6.35. The first kappa shape index (κ1) is 139. The molecule has 42 heteroatoms. The van der Waals surface area contributed by atoms with Gasteiger partial charge in [-0.05, 0) is 83.1 Å². The van der Waals surface area contributed by atoms with Crippen molar-refractivity contribution < 1.29 is 129 Å². The van der Waals surface area contributed by atoms with E-state index in [9.17, 15) is 16.9 Å². The molecular formula is C84H192F6N12O18Sb6. The summed E-state index contributed by atoms with van der Waals surface area (Å²) in [5.41, 5.74) is 0. The molecule has 0 radical (unpaired) electrons. The number of quaternary nitrogens is 12. The maximum absolute atomic E-state index is 10.2. The Morgan fingerprint density at radius 1 is 0.143 bits per heavy atom. The minimum absolute atomic E-state index is 1.32. The van der Waals surface area contributed by atoms with Crippen LogP contribution in [0.5, 0.6) is 0 Å². The Morgan fingerprint density at radius 2 is 0.175 bits per heavy atom. The Labute approximate surface area is 800 Å². The summed E-state index contributed by atoms with van der Waals surface area (Å²) < 4.78 is 231. The Kier molecular flexibility index (Phi) is 77.3. The van der Waals surface area contributed by atoms with Gasteiger partial charge in [-0.3, -0.25) is 0 Å². The standard InChI is InChI=1S/12C7H16N.6FH.18O.6Sb/c12*1-3-8(2)6-4-5-7-8;;;;;;;;;;;;;;;;;;;;;;;;;;;;;;/h12*3-7H2,1-2H3;6*1H;;;;;;;;;;;;;;;;;;;;;;;;/q12*+1;;;;;;;;;;;;;12*-1;6*+1/p-6. The number of rotatable bonds is 12. The molecule has 0 aromatic carbocycles.